The van der Waals surface area contributed by atoms with Crippen molar-refractivity contribution in [3.05, 3.63) is 57.9 Å². The first-order valence-corrected chi connectivity index (χ1v) is 10.6. The number of nitrogens with zero attached hydrogens (tertiary/aromatic N) is 1. The normalized spacial score (nSPS) is 18.8. The molecule has 1 aromatic heterocycles. The van der Waals surface area contributed by atoms with E-state index in [4.69, 9.17) is 13.9 Å². The van der Waals surface area contributed by atoms with E-state index < -0.39 is 23.8 Å². The molecule has 2 unspecified atom stereocenters. The van der Waals surface area contributed by atoms with Crippen LogP contribution in [0.4, 0.5) is 0 Å². The van der Waals surface area contributed by atoms with Crippen LogP contribution < -0.4 is 0 Å². The Kier molecular flexibility index (Phi) is 6.92. The number of furan rings is 1. The Bertz CT molecular complexity index is 1000. The lowest BCUT2D eigenvalue weighted by molar-refractivity contribution is -0.146. The molecule has 7 heteroatoms. The van der Waals surface area contributed by atoms with Gasteiger partial charge in [-0.1, -0.05) is 28.1 Å². The van der Waals surface area contributed by atoms with E-state index >= 15 is 0 Å². The first-order valence-electron chi connectivity index (χ1n) is 9.82. The molecule has 1 aromatic carbocycles. The zero-order chi connectivity index (χ0) is 21.8. The highest BCUT2D eigenvalue weighted by Gasteiger charge is 2.44. The van der Waals surface area contributed by atoms with E-state index in [1.54, 1.807) is 33.8 Å². The molecule has 30 heavy (non-hydrogen) atoms. The van der Waals surface area contributed by atoms with Crippen molar-refractivity contribution in [1.82, 2.24) is 0 Å². The highest BCUT2D eigenvalue weighted by Crippen LogP contribution is 2.41. The molecular formula is C23H24BrNO5. The van der Waals surface area contributed by atoms with Crippen LogP contribution in [0.2, 0.25) is 0 Å². The predicted molar refractivity (Wildman–Crippen MR) is 117 cm³/mol. The second kappa shape index (κ2) is 9.43. The van der Waals surface area contributed by atoms with Crippen molar-refractivity contribution in [3.63, 3.8) is 0 Å². The monoisotopic (exact) mass is 473 g/mol. The van der Waals surface area contributed by atoms with Crippen molar-refractivity contribution < 1.29 is 23.5 Å². The molecule has 0 aliphatic carbocycles. The summed E-state index contributed by atoms with van der Waals surface area (Å²) in [4.78, 5) is 30.1. The van der Waals surface area contributed by atoms with Crippen LogP contribution in [0.5, 0.6) is 0 Å². The zero-order valence-corrected chi connectivity index (χ0v) is 19.0. The predicted octanol–water partition coefficient (Wildman–Crippen LogP) is 5.28. The Morgan fingerprint density at radius 3 is 2.33 bits per heavy atom. The second-order valence-electron chi connectivity index (χ2n) is 6.89. The van der Waals surface area contributed by atoms with Gasteiger partial charge in [-0.15, -0.1) is 0 Å². The van der Waals surface area contributed by atoms with Gasteiger partial charge >= 0.3 is 11.9 Å². The maximum absolute atomic E-state index is 12.8. The molecule has 2 aromatic rings. The lowest BCUT2D eigenvalue weighted by Crippen LogP contribution is -2.36. The molecular weight excluding hydrogens is 450 g/mol. The maximum atomic E-state index is 12.8. The maximum Gasteiger partial charge on any atom is 0.336 e. The van der Waals surface area contributed by atoms with Crippen molar-refractivity contribution in [2.45, 2.75) is 33.6 Å². The van der Waals surface area contributed by atoms with Crippen LogP contribution >= 0.6 is 15.9 Å². The molecule has 0 saturated carbocycles. The quantitative estimate of drug-likeness (QED) is 0.532. The number of aliphatic imine (C=N–C) groups is 1. The molecule has 0 amide bonds. The first kappa shape index (κ1) is 22.0. The third-order valence-corrected chi connectivity index (χ3v) is 5.45. The number of rotatable bonds is 6. The standard InChI is InChI=1S/C23H24BrNO5/c1-5-28-22(26)19-13(3)25-14(4)20(23(27)29-6-2)21(19)18-12-11-17(30-18)15-7-9-16(24)10-8-15/h7-12,19,21H,5-6H2,1-4H3. The van der Waals surface area contributed by atoms with Crippen LogP contribution in [0.25, 0.3) is 11.3 Å². The highest BCUT2D eigenvalue weighted by atomic mass is 79.9. The van der Waals surface area contributed by atoms with Gasteiger partial charge in [-0.3, -0.25) is 9.79 Å². The summed E-state index contributed by atoms with van der Waals surface area (Å²) in [5.74, 6) is -1.27. The minimum Gasteiger partial charge on any atom is -0.465 e. The number of ether oxygens (including phenoxy) is 2. The second-order valence-corrected chi connectivity index (χ2v) is 7.80. The molecule has 0 N–H and O–H groups in total. The fourth-order valence-corrected chi connectivity index (χ4v) is 3.91. The summed E-state index contributed by atoms with van der Waals surface area (Å²) < 4.78 is 17.7. The zero-order valence-electron chi connectivity index (χ0n) is 17.4. The third-order valence-electron chi connectivity index (χ3n) is 4.93. The molecule has 0 fully saturated rings. The highest BCUT2D eigenvalue weighted by molar-refractivity contribution is 9.10. The van der Waals surface area contributed by atoms with E-state index in [0.29, 0.717) is 28.5 Å². The smallest absolute Gasteiger partial charge is 0.336 e. The largest absolute Gasteiger partial charge is 0.465 e. The van der Waals surface area contributed by atoms with Gasteiger partial charge in [0.05, 0.1) is 24.7 Å². The van der Waals surface area contributed by atoms with Crippen molar-refractivity contribution in [2.75, 3.05) is 13.2 Å². The van der Waals surface area contributed by atoms with Crippen LogP contribution in [0, 0.1) is 5.92 Å². The number of allylic oxidation sites excluding steroid dienone is 1. The summed E-state index contributed by atoms with van der Waals surface area (Å²) in [5.41, 5.74) is 2.29. The van der Waals surface area contributed by atoms with Crippen LogP contribution in [-0.4, -0.2) is 30.9 Å². The summed E-state index contributed by atoms with van der Waals surface area (Å²) in [6.45, 7) is 7.43. The molecule has 0 bridgehead atoms. The summed E-state index contributed by atoms with van der Waals surface area (Å²) in [6, 6.07) is 11.3. The molecule has 1 aliphatic heterocycles. The van der Waals surface area contributed by atoms with Gasteiger partial charge in [-0.05, 0) is 52.0 Å². The minimum atomic E-state index is -0.767. The lowest BCUT2D eigenvalue weighted by atomic mass is 9.78. The average molecular weight is 474 g/mol. The Morgan fingerprint density at radius 1 is 1.03 bits per heavy atom. The van der Waals surface area contributed by atoms with Gasteiger partial charge in [0.2, 0.25) is 0 Å². The Labute approximate surface area is 184 Å². The van der Waals surface area contributed by atoms with Crippen molar-refractivity contribution >= 4 is 33.6 Å². The molecule has 2 heterocycles. The number of halogens is 1. The van der Waals surface area contributed by atoms with Gasteiger partial charge < -0.3 is 13.9 Å². The summed E-state index contributed by atoms with van der Waals surface area (Å²) >= 11 is 3.42. The summed E-state index contributed by atoms with van der Waals surface area (Å²) in [5, 5.41) is 0. The minimum absolute atomic E-state index is 0.220. The molecule has 0 radical (unpaired) electrons. The first-order chi connectivity index (χ1) is 14.4. The molecule has 158 valence electrons. The van der Waals surface area contributed by atoms with Crippen molar-refractivity contribution in [3.8, 4) is 11.3 Å². The number of carbonyl (C=O) groups excluding carboxylic acids is 2. The van der Waals surface area contributed by atoms with E-state index in [9.17, 15) is 9.59 Å². The van der Waals surface area contributed by atoms with Gasteiger partial charge in [0.15, 0.2) is 0 Å². The van der Waals surface area contributed by atoms with Crippen LogP contribution in [0.1, 0.15) is 39.4 Å². The number of benzene rings is 1. The van der Waals surface area contributed by atoms with Gasteiger partial charge in [0, 0.05) is 21.4 Å². The van der Waals surface area contributed by atoms with E-state index in [0.717, 1.165) is 10.0 Å². The molecule has 0 saturated heterocycles. The Balaban J connectivity index is 2.10. The third kappa shape index (κ3) is 4.41. The van der Waals surface area contributed by atoms with E-state index in [2.05, 4.69) is 20.9 Å². The SMILES string of the molecule is CCOC(=O)C1=C(C)N=C(C)C(C(=O)OCC)C1c1ccc(-c2ccc(Br)cc2)o1. The molecule has 3 rings (SSSR count). The van der Waals surface area contributed by atoms with Gasteiger partial charge in [-0.2, -0.15) is 0 Å². The fraction of sp³-hybridized carbons (Fsp3) is 0.348. The topological polar surface area (TPSA) is 78.1 Å². The number of hydrogen-bond donors (Lipinski definition) is 0. The molecule has 6 nitrogen and oxygen atoms in total. The molecule has 0 spiro atoms. The van der Waals surface area contributed by atoms with Crippen LogP contribution in [0.3, 0.4) is 0 Å². The Hall–Kier alpha value is -2.67. The van der Waals surface area contributed by atoms with Crippen molar-refractivity contribution in [2.24, 2.45) is 10.9 Å². The van der Waals surface area contributed by atoms with Crippen LogP contribution in [0.15, 0.2) is 61.6 Å². The fourth-order valence-electron chi connectivity index (χ4n) is 3.65. The summed E-state index contributed by atoms with van der Waals surface area (Å²) in [6.07, 6.45) is 0. The van der Waals surface area contributed by atoms with E-state index in [1.165, 1.54) is 0 Å². The number of esters is 2. The summed E-state index contributed by atoms with van der Waals surface area (Å²) in [7, 11) is 0. The number of hydrogen-bond acceptors (Lipinski definition) is 6. The van der Waals surface area contributed by atoms with Gasteiger partial charge in [0.25, 0.3) is 0 Å². The van der Waals surface area contributed by atoms with Gasteiger partial charge in [0.1, 0.15) is 17.4 Å². The molecule has 2 atom stereocenters. The number of carbonyl (C=O) groups is 2. The van der Waals surface area contributed by atoms with E-state index in [1.807, 2.05) is 30.3 Å². The Morgan fingerprint density at radius 2 is 1.70 bits per heavy atom. The lowest BCUT2D eigenvalue weighted by Gasteiger charge is -2.29. The molecule has 1 aliphatic rings. The van der Waals surface area contributed by atoms with Crippen molar-refractivity contribution in [1.29, 1.82) is 0 Å². The van der Waals surface area contributed by atoms with E-state index in [-0.39, 0.29) is 13.2 Å². The van der Waals surface area contributed by atoms with Gasteiger partial charge in [-0.25, -0.2) is 4.79 Å². The average Bonchev–Trinajstić information content (AvgIpc) is 3.18. The van der Waals surface area contributed by atoms with Crippen LogP contribution in [-0.2, 0) is 19.1 Å².